The van der Waals surface area contributed by atoms with E-state index < -0.39 is 17.9 Å². The quantitative estimate of drug-likeness (QED) is 0.375. The van der Waals surface area contributed by atoms with E-state index in [0.717, 1.165) is 0 Å². The van der Waals surface area contributed by atoms with Gasteiger partial charge in [0.15, 0.2) is 0 Å². The first kappa shape index (κ1) is 14.4. The molecule has 3 N–H and O–H groups in total. The van der Waals surface area contributed by atoms with Gasteiger partial charge in [-0.05, 0) is 20.3 Å². The summed E-state index contributed by atoms with van der Waals surface area (Å²) in [6.07, 6.45) is 0.198. The van der Waals surface area contributed by atoms with Crippen LogP contribution in [0.1, 0.15) is 26.7 Å². The molecular formula is C10H18N2O4. The van der Waals surface area contributed by atoms with Gasteiger partial charge in [-0.3, -0.25) is 15.0 Å². The third-order valence-electron chi connectivity index (χ3n) is 1.89. The SMILES string of the molecule is CCOC(=O)CC[C@@H](C(=N)N)C(=O)OCC. The van der Waals surface area contributed by atoms with Crippen molar-refractivity contribution < 1.29 is 19.1 Å². The molecule has 0 bridgehead atoms. The maximum absolute atomic E-state index is 11.4. The molecule has 0 saturated heterocycles. The van der Waals surface area contributed by atoms with Crippen LogP contribution in [0.5, 0.6) is 0 Å². The van der Waals surface area contributed by atoms with Crippen LogP contribution < -0.4 is 5.73 Å². The lowest BCUT2D eigenvalue weighted by molar-refractivity contribution is -0.147. The Labute approximate surface area is 94.6 Å². The smallest absolute Gasteiger partial charge is 0.316 e. The highest BCUT2D eigenvalue weighted by Gasteiger charge is 2.24. The third kappa shape index (κ3) is 5.33. The van der Waals surface area contributed by atoms with E-state index in [1.165, 1.54) is 0 Å². The molecule has 16 heavy (non-hydrogen) atoms. The van der Waals surface area contributed by atoms with E-state index >= 15 is 0 Å². The Hall–Kier alpha value is -1.59. The molecule has 0 fully saturated rings. The van der Waals surface area contributed by atoms with E-state index in [4.69, 9.17) is 20.6 Å². The van der Waals surface area contributed by atoms with Crippen molar-refractivity contribution in [3.05, 3.63) is 0 Å². The summed E-state index contributed by atoms with van der Waals surface area (Å²) in [7, 11) is 0. The predicted molar refractivity (Wildman–Crippen MR) is 57.9 cm³/mol. The van der Waals surface area contributed by atoms with Crippen LogP contribution in [0.25, 0.3) is 0 Å². The monoisotopic (exact) mass is 230 g/mol. The van der Waals surface area contributed by atoms with Crippen molar-refractivity contribution in [2.24, 2.45) is 11.7 Å². The van der Waals surface area contributed by atoms with Gasteiger partial charge in [-0.15, -0.1) is 0 Å². The second-order valence-electron chi connectivity index (χ2n) is 3.10. The van der Waals surface area contributed by atoms with Crippen LogP contribution in [-0.4, -0.2) is 31.0 Å². The Bertz CT molecular complexity index is 266. The van der Waals surface area contributed by atoms with E-state index in [1.807, 2.05) is 0 Å². The highest BCUT2D eigenvalue weighted by Crippen LogP contribution is 2.09. The zero-order chi connectivity index (χ0) is 12.6. The first-order valence-electron chi connectivity index (χ1n) is 5.19. The summed E-state index contributed by atoms with van der Waals surface area (Å²) in [6, 6.07) is 0. The van der Waals surface area contributed by atoms with Crippen molar-refractivity contribution in [1.29, 1.82) is 5.41 Å². The van der Waals surface area contributed by atoms with Gasteiger partial charge < -0.3 is 15.2 Å². The van der Waals surface area contributed by atoms with Crippen molar-refractivity contribution in [2.75, 3.05) is 13.2 Å². The number of amidine groups is 1. The summed E-state index contributed by atoms with van der Waals surface area (Å²) in [5.41, 5.74) is 5.26. The zero-order valence-electron chi connectivity index (χ0n) is 9.62. The van der Waals surface area contributed by atoms with Gasteiger partial charge in [0.25, 0.3) is 0 Å². The number of rotatable bonds is 7. The fraction of sp³-hybridized carbons (Fsp3) is 0.700. The molecule has 0 aromatic heterocycles. The van der Waals surface area contributed by atoms with Gasteiger partial charge in [0, 0.05) is 6.42 Å². The van der Waals surface area contributed by atoms with E-state index in [1.54, 1.807) is 13.8 Å². The van der Waals surface area contributed by atoms with Gasteiger partial charge in [0.1, 0.15) is 11.8 Å². The van der Waals surface area contributed by atoms with Gasteiger partial charge >= 0.3 is 11.9 Å². The first-order valence-corrected chi connectivity index (χ1v) is 5.19. The lowest BCUT2D eigenvalue weighted by Crippen LogP contribution is -2.31. The fourth-order valence-corrected chi connectivity index (χ4v) is 1.14. The second-order valence-corrected chi connectivity index (χ2v) is 3.10. The predicted octanol–water partition coefficient (Wildman–Crippen LogP) is 0.445. The third-order valence-corrected chi connectivity index (χ3v) is 1.89. The molecule has 6 nitrogen and oxygen atoms in total. The Morgan fingerprint density at radius 2 is 1.81 bits per heavy atom. The number of hydrogen-bond acceptors (Lipinski definition) is 5. The number of esters is 2. The lowest BCUT2D eigenvalue weighted by atomic mass is 10.0. The minimum absolute atomic E-state index is 0.0525. The Morgan fingerprint density at radius 1 is 1.25 bits per heavy atom. The van der Waals surface area contributed by atoms with Crippen LogP contribution >= 0.6 is 0 Å². The van der Waals surface area contributed by atoms with E-state index in [-0.39, 0.29) is 25.3 Å². The van der Waals surface area contributed by atoms with Gasteiger partial charge in [0.05, 0.1) is 13.2 Å². The summed E-state index contributed by atoms with van der Waals surface area (Å²) < 4.78 is 9.46. The molecule has 0 aromatic carbocycles. The largest absolute Gasteiger partial charge is 0.466 e. The second kappa shape index (κ2) is 7.67. The molecule has 6 heteroatoms. The molecule has 1 atom stereocenters. The molecule has 0 unspecified atom stereocenters. The first-order chi connectivity index (χ1) is 7.52. The summed E-state index contributed by atoms with van der Waals surface area (Å²) in [4.78, 5) is 22.4. The van der Waals surface area contributed by atoms with Crippen molar-refractivity contribution >= 4 is 17.8 Å². The zero-order valence-corrected chi connectivity index (χ0v) is 9.62. The molecule has 0 aliphatic carbocycles. The molecule has 0 rings (SSSR count). The molecule has 0 aromatic rings. The van der Waals surface area contributed by atoms with Crippen LogP contribution in [0, 0.1) is 11.3 Å². The highest BCUT2D eigenvalue weighted by atomic mass is 16.5. The Kier molecular flexibility index (Phi) is 6.91. The molecule has 0 saturated carbocycles. The molecule has 0 radical (unpaired) electrons. The molecule has 0 heterocycles. The van der Waals surface area contributed by atoms with E-state index in [9.17, 15) is 9.59 Å². The normalized spacial score (nSPS) is 11.6. The Morgan fingerprint density at radius 3 is 2.25 bits per heavy atom. The number of nitrogens with one attached hydrogen (secondary N) is 1. The molecule has 0 spiro atoms. The molecule has 92 valence electrons. The van der Waals surface area contributed by atoms with Crippen LogP contribution in [0.3, 0.4) is 0 Å². The molecule has 0 amide bonds. The minimum atomic E-state index is -0.857. The number of nitrogens with two attached hydrogens (primary N) is 1. The van der Waals surface area contributed by atoms with Gasteiger partial charge in [-0.1, -0.05) is 0 Å². The number of hydrogen-bond donors (Lipinski definition) is 2. The van der Waals surface area contributed by atoms with E-state index in [2.05, 4.69) is 0 Å². The van der Waals surface area contributed by atoms with Crippen molar-refractivity contribution in [2.45, 2.75) is 26.7 Å². The fourth-order valence-electron chi connectivity index (χ4n) is 1.14. The maximum atomic E-state index is 11.4. The highest BCUT2D eigenvalue weighted by molar-refractivity contribution is 5.98. The van der Waals surface area contributed by atoms with Crippen molar-refractivity contribution in [3.8, 4) is 0 Å². The van der Waals surface area contributed by atoms with Crippen molar-refractivity contribution in [3.63, 3.8) is 0 Å². The van der Waals surface area contributed by atoms with Crippen LogP contribution in [0.4, 0.5) is 0 Å². The maximum Gasteiger partial charge on any atom is 0.316 e. The minimum Gasteiger partial charge on any atom is -0.466 e. The van der Waals surface area contributed by atoms with Crippen LogP contribution in [0.2, 0.25) is 0 Å². The lowest BCUT2D eigenvalue weighted by Gasteiger charge is -2.13. The van der Waals surface area contributed by atoms with Crippen molar-refractivity contribution in [1.82, 2.24) is 0 Å². The van der Waals surface area contributed by atoms with Gasteiger partial charge in [0.2, 0.25) is 0 Å². The van der Waals surface area contributed by atoms with Crippen LogP contribution in [-0.2, 0) is 19.1 Å². The summed E-state index contributed by atoms with van der Waals surface area (Å²) in [5, 5.41) is 7.23. The average Bonchev–Trinajstić information content (AvgIpc) is 2.18. The average molecular weight is 230 g/mol. The standard InChI is InChI=1S/C10H18N2O4/c1-3-15-8(13)6-5-7(9(11)12)10(14)16-4-2/h7H,3-6H2,1-2H3,(H3,11,12)/t7-/m0/s1. The molecule has 0 aliphatic heterocycles. The summed E-state index contributed by atoms with van der Waals surface area (Å²) in [6.45, 7) is 3.89. The number of ether oxygens (including phenoxy) is 2. The number of carbonyl (C=O) groups is 2. The number of carbonyl (C=O) groups excluding carboxylic acids is 2. The molecular weight excluding hydrogens is 212 g/mol. The van der Waals surface area contributed by atoms with Crippen LogP contribution in [0.15, 0.2) is 0 Å². The van der Waals surface area contributed by atoms with E-state index in [0.29, 0.717) is 6.61 Å². The molecule has 0 aliphatic rings. The summed E-state index contributed by atoms with van der Waals surface area (Å²) >= 11 is 0. The summed E-state index contributed by atoms with van der Waals surface area (Å²) in [5.74, 6) is -2.12. The Balaban J connectivity index is 4.19. The van der Waals surface area contributed by atoms with Gasteiger partial charge in [-0.25, -0.2) is 0 Å². The van der Waals surface area contributed by atoms with Gasteiger partial charge in [-0.2, -0.15) is 0 Å². The topological polar surface area (TPSA) is 102 Å².